The van der Waals surface area contributed by atoms with E-state index in [4.69, 9.17) is 0 Å². The minimum absolute atomic E-state index is 0.185. The molecule has 42 heavy (non-hydrogen) atoms. The average Bonchev–Trinajstić information content (AvgIpc) is 2.96. The van der Waals surface area contributed by atoms with Crippen molar-refractivity contribution in [1.82, 2.24) is 19.4 Å². The third-order valence-corrected chi connectivity index (χ3v) is 7.74. The third-order valence-electron chi connectivity index (χ3n) is 7.74. The number of rotatable bonds is 7. The Morgan fingerprint density at radius 3 is 2.45 bits per heavy atom. The fourth-order valence-electron chi connectivity index (χ4n) is 5.29. The van der Waals surface area contributed by atoms with Crippen LogP contribution < -0.4 is 10.6 Å². The molecule has 1 aliphatic heterocycles. The summed E-state index contributed by atoms with van der Waals surface area (Å²) in [5.41, 5.74) is 0.617. The van der Waals surface area contributed by atoms with E-state index in [1.807, 2.05) is 22.8 Å². The molecule has 8 nitrogen and oxygen atoms in total. The Morgan fingerprint density at radius 2 is 1.88 bits per heavy atom. The number of nitrogens with zero attached hydrogens (tertiary/aromatic N) is 7. The number of nitriles is 1. The molecule has 0 amide bonds. The average molecular weight is 584 g/mol. The molecule has 0 spiro atoms. The van der Waals surface area contributed by atoms with E-state index in [1.165, 1.54) is 29.7 Å². The SMILES string of the molecule is C/C=C(\N=C(C(C)CC)C(F)(F)F)C(c1ccc(F)cc1)N1CCN(c2nc(=O)n(C)c3ccc(C#N)nc23)CC1C. The molecule has 1 aromatic carbocycles. The first-order chi connectivity index (χ1) is 19.9. The van der Waals surface area contributed by atoms with Gasteiger partial charge in [-0.1, -0.05) is 32.1 Å². The van der Waals surface area contributed by atoms with Gasteiger partial charge in [-0.3, -0.25) is 14.5 Å². The predicted molar refractivity (Wildman–Crippen MR) is 154 cm³/mol. The van der Waals surface area contributed by atoms with E-state index >= 15 is 0 Å². The molecule has 1 saturated heterocycles. The van der Waals surface area contributed by atoms with Crippen LogP contribution in [0.5, 0.6) is 0 Å². The van der Waals surface area contributed by atoms with Crippen molar-refractivity contribution in [3.8, 4) is 6.07 Å². The molecule has 3 atom stereocenters. The summed E-state index contributed by atoms with van der Waals surface area (Å²) in [5.74, 6) is -0.922. The Hall–Kier alpha value is -4.11. The van der Waals surface area contributed by atoms with Crippen molar-refractivity contribution >= 4 is 22.6 Å². The molecule has 0 N–H and O–H groups in total. The van der Waals surface area contributed by atoms with Crippen LogP contribution >= 0.6 is 0 Å². The summed E-state index contributed by atoms with van der Waals surface area (Å²) in [6.07, 6.45) is -2.77. The van der Waals surface area contributed by atoms with Crippen LogP contribution in [-0.2, 0) is 7.05 Å². The zero-order chi connectivity index (χ0) is 30.8. The van der Waals surface area contributed by atoms with Gasteiger partial charge in [0.2, 0.25) is 0 Å². The van der Waals surface area contributed by atoms with E-state index < -0.39 is 35.4 Å². The molecular formula is C30H33F4N7O. The molecule has 0 saturated carbocycles. The van der Waals surface area contributed by atoms with Crippen LogP contribution in [0.25, 0.3) is 11.0 Å². The van der Waals surface area contributed by atoms with Gasteiger partial charge < -0.3 is 4.90 Å². The van der Waals surface area contributed by atoms with Crippen molar-refractivity contribution in [3.05, 3.63) is 75.7 Å². The van der Waals surface area contributed by atoms with E-state index in [1.54, 1.807) is 45.2 Å². The lowest BCUT2D eigenvalue weighted by Gasteiger charge is -2.44. The van der Waals surface area contributed by atoms with Crippen molar-refractivity contribution in [3.63, 3.8) is 0 Å². The Bertz CT molecular complexity index is 1610. The molecule has 2 aromatic heterocycles. The topological polar surface area (TPSA) is 90.4 Å². The largest absolute Gasteiger partial charge is 0.429 e. The number of allylic oxidation sites excluding steroid dienone is 1. The molecule has 0 bridgehead atoms. The third kappa shape index (κ3) is 6.21. The number of pyridine rings is 1. The van der Waals surface area contributed by atoms with Crippen molar-refractivity contribution in [2.75, 3.05) is 24.5 Å². The molecule has 1 aliphatic rings. The number of fused-ring (bicyclic) bond motifs is 1. The predicted octanol–water partition coefficient (Wildman–Crippen LogP) is 5.54. The lowest BCUT2D eigenvalue weighted by molar-refractivity contribution is -0.0628. The Kier molecular flexibility index (Phi) is 9.11. The van der Waals surface area contributed by atoms with Crippen LogP contribution in [0.15, 0.2) is 58.0 Å². The van der Waals surface area contributed by atoms with E-state index in [-0.39, 0.29) is 23.9 Å². The lowest BCUT2D eigenvalue weighted by Crippen LogP contribution is -2.54. The summed E-state index contributed by atoms with van der Waals surface area (Å²) in [5, 5.41) is 9.39. The number of aryl methyl sites for hydroxylation is 1. The summed E-state index contributed by atoms with van der Waals surface area (Å²) in [4.78, 5) is 29.5. The van der Waals surface area contributed by atoms with Gasteiger partial charge in [-0.15, -0.1) is 0 Å². The van der Waals surface area contributed by atoms with Gasteiger partial charge >= 0.3 is 11.9 Å². The maximum atomic E-state index is 14.1. The monoisotopic (exact) mass is 583 g/mol. The highest BCUT2D eigenvalue weighted by Gasteiger charge is 2.40. The second-order valence-electron chi connectivity index (χ2n) is 10.5. The van der Waals surface area contributed by atoms with Gasteiger partial charge in [0.1, 0.15) is 28.8 Å². The van der Waals surface area contributed by atoms with Crippen LogP contribution in [0.4, 0.5) is 23.4 Å². The van der Waals surface area contributed by atoms with Crippen LogP contribution in [-0.4, -0.2) is 57.0 Å². The van der Waals surface area contributed by atoms with Crippen molar-refractivity contribution in [2.24, 2.45) is 18.0 Å². The summed E-state index contributed by atoms with van der Waals surface area (Å²) in [7, 11) is 1.58. The number of benzene rings is 1. The molecule has 222 valence electrons. The zero-order valence-corrected chi connectivity index (χ0v) is 24.2. The van der Waals surface area contributed by atoms with Crippen molar-refractivity contribution in [2.45, 2.75) is 52.4 Å². The number of hydrogen-bond donors (Lipinski definition) is 0. The zero-order valence-electron chi connectivity index (χ0n) is 24.2. The second-order valence-corrected chi connectivity index (χ2v) is 10.5. The lowest BCUT2D eigenvalue weighted by atomic mass is 9.97. The number of alkyl halides is 3. The molecule has 4 rings (SSSR count). The van der Waals surface area contributed by atoms with Crippen LogP contribution in [0, 0.1) is 23.1 Å². The number of piperazine rings is 1. The fourth-order valence-corrected chi connectivity index (χ4v) is 5.29. The molecule has 1 fully saturated rings. The maximum absolute atomic E-state index is 14.1. The van der Waals surface area contributed by atoms with Gasteiger partial charge in [-0.25, -0.2) is 14.2 Å². The highest BCUT2D eigenvalue weighted by molar-refractivity contribution is 5.92. The molecule has 3 aromatic rings. The normalized spacial score (nSPS) is 18.7. The molecule has 0 aliphatic carbocycles. The van der Waals surface area contributed by atoms with Crippen molar-refractivity contribution in [1.29, 1.82) is 5.26 Å². The Morgan fingerprint density at radius 1 is 1.19 bits per heavy atom. The fraction of sp³-hybridized carbons (Fsp3) is 0.433. The Labute approximate surface area is 241 Å². The summed E-state index contributed by atoms with van der Waals surface area (Å²) >= 11 is 0. The summed E-state index contributed by atoms with van der Waals surface area (Å²) in [6.45, 7) is 7.87. The minimum Gasteiger partial charge on any atom is -0.352 e. The minimum atomic E-state index is -4.61. The van der Waals surface area contributed by atoms with E-state index in [9.17, 15) is 27.6 Å². The number of halogens is 4. The number of aliphatic imine (C=N–C) groups is 1. The van der Waals surface area contributed by atoms with Gasteiger partial charge in [0.25, 0.3) is 0 Å². The van der Waals surface area contributed by atoms with Gasteiger partial charge in [0, 0.05) is 38.6 Å². The molecule has 3 heterocycles. The smallest absolute Gasteiger partial charge is 0.352 e. The highest BCUT2D eigenvalue weighted by Crippen LogP contribution is 2.36. The Balaban J connectivity index is 1.76. The second kappa shape index (κ2) is 12.4. The first kappa shape index (κ1) is 30.8. The quantitative estimate of drug-likeness (QED) is 0.268. The summed E-state index contributed by atoms with van der Waals surface area (Å²) in [6, 6.07) is 9.97. The number of anilines is 1. The first-order valence-corrected chi connectivity index (χ1v) is 13.8. The standard InChI is InChI=1S/C30H33F4N7O/c1-6-18(3)27(30(32,33)34)37-23(7-2)26(20-8-10-21(31)11-9-20)41-15-14-40(17-19(41)4)28-25-24(39(5)29(42)38-28)13-12-22(16-35)36-25/h7-13,18-19,26H,6,14-15,17H2,1-5H3/b23-7-,37-27?. The van der Waals surface area contributed by atoms with E-state index in [0.717, 1.165) is 0 Å². The van der Waals surface area contributed by atoms with Crippen LogP contribution in [0.2, 0.25) is 0 Å². The van der Waals surface area contributed by atoms with Gasteiger partial charge in [0.05, 0.1) is 17.3 Å². The molecular weight excluding hydrogens is 550 g/mol. The van der Waals surface area contributed by atoms with Gasteiger partial charge in [-0.05, 0) is 50.1 Å². The highest BCUT2D eigenvalue weighted by atomic mass is 19.4. The molecule has 12 heteroatoms. The maximum Gasteiger partial charge on any atom is 0.429 e. The van der Waals surface area contributed by atoms with Gasteiger partial charge in [0.15, 0.2) is 5.82 Å². The van der Waals surface area contributed by atoms with E-state index in [2.05, 4.69) is 15.0 Å². The number of hydrogen-bond acceptors (Lipinski definition) is 7. The molecule has 0 radical (unpaired) electrons. The van der Waals surface area contributed by atoms with Crippen molar-refractivity contribution < 1.29 is 17.6 Å². The van der Waals surface area contributed by atoms with Crippen LogP contribution in [0.1, 0.15) is 51.4 Å². The van der Waals surface area contributed by atoms with Gasteiger partial charge in [-0.2, -0.15) is 23.4 Å². The van der Waals surface area contributed by atoms with Crippen LogP contribution in [0.3, 0.4) is 0 Å². The first-order valence-electron chi connectivity index (χ1n) is 13.8. The number of aromatic nitrogens is 3. The van der Waals surface area contributed by atoms with E-state index in [0.29, 0.717) is 42.0 Å². The summed E-state index contributed by atoms with van der Waals surface area (Å²) < 4.78 is 57.5. The molecule has 3 unspecified atom stereocenters.